The van der Waals surface area contributed by atoms with Crippen LogP contribution in [0, 0.1) is 10.1 Å². The number of esters is 1. The molecule has 26 heavy (non-hydrogen) atoms. The van der Waals surface area contributed by atoms with E-state index in [0.717, 1.165) is 0 Å². The van der Waals surface area contributed by atoms with Crippen LogP contribution in [0.2, 0.25) is 5.02 Å². The van der Waals surface area contributed by atoms with E-state index >= 15 is 0 Å². The van der Waals surface area contributed by atoms with Crippen molar-refractivity contribution in [2.75, 3.05) is 13.1 Å². The van der Waals surface area contributed by atoms with E-state index in [9.17, 15) is 19.7 Å². The van der Waals surface area contributed by atoms with Gasteiger partial charge in [0.05, 0.1) is 4.92 Å². The molecule has 0 spiro atoms. The molecule has 0 aliphatic carbocycles. The number of nitro groups is 1. The first-order chi connectivity index (χ1) is 12.3. The average molecular weight is 379 g/mol. The Labute approximate surface area is 156 Å². The number of amides is 1. The van der Waals surface area contributed by atoms with Gasteiger partial charge in [0.25, 0.3) is 5.69 Å². The van der Waals surface area contributed by atoms with Crippen molar-refractivity contribution in [3.05, 3.63) is 57.1 Å². The summed E-state index contributed by atoms with van der Waals surface area (Å²) < 4.78 is 5.29. The number of halogens is 1. The summed E-state index contributed by atoms with van der Waals surface area (Å²) in [7, 11) is 0. The van der Waals surface area contributed by atoms with Gasteiger partial charge >= 0.3 is 5.97 Å². The van der Waals surface area contributed by atoms with E-state index in [1.165, 1.54) is 24.3 Å². The number of ether oxygens (including phenoxy) is 1. The number of hydrogen-bond donors (Lipinski definition) is 0. The highest BCUT2D eigenvalue weighted by atomic mass is 35.5. The smallest absolute Gasteiger partial charge is 0.333 e. The fourth-order valence-electron chi connectivity index (χ4n) is 2.49. The summed E-state index contributed by atoms with van der Waals surface area (Å²) >= 11 is 5.76. The first-order valence-electron chi connectivity index (χ1n) is 8.05. The number of carbonyl (C=O) groups excluding carboxylic acids is 2. The minimum atomic E-state index is -0.571. The van der Waals surface area contributed by atoms with Gasteiger partial charge in [-0.15, -0.1) is 0 Å². The maximum atomic E-state index is 12.3. The van der Waals surface area contributed by atoms with Crippen molar-refractivity contribution >= 4 is 35.2 Å². The highest BCUT2D eigenvalue weighted by molar-refractivity contribution is 6.32. The lowest BCUT2D eigenvalue weighted by molar-refractivity contribution is -0.384. The SMILES string of the molecule is C=C(C)C(=O)OC1CCN(C(=O)/C=C/c2ccc(Cl)c([N+](=O)[O-])c2)CC1. The predicted octanol–water partition coefficient (Wildman–Crippen LogP) is 3.37. The Balaban J connectivity index is 1.92. The molecule has 0 bridgehead atoms. The molecule has 2 rings (SSSR count). The van der Waals surface area contributed by atoms with E-state index < -0.39 is 10.9 Å². The molecule has 0 radical (unpaired) electrons. The van der Waals surface area contributed by atoms with Crippen molar-refractivity contribution < 1.29 is 19.2 Å². The lowest BCUT2D eigenvalue weighted by atomic mass is 10.1. The van der Waals surface area contributed by atoms with Crippen LogP contribution in [0.25, 0.3) is 6.08 Å². The summed E-state index contributed by atoms with van der Waals surface area (Å²) in [6.45, 7) is 6.07. The first kappa shape index (κ1) is 19.7. The molecule has 1 heterocycles. The fraction of sp³-hybridized carbons (Fsp3) is 0.333. The van der Waals surface area contributed by atoms with Gasteiger partial charge in [0.15, 0.2) is 0 Å². The summed E-state index contributed by atoms with van der Waals surface area (Å²) in [5.41, 5.74) is 0.657. The topological polar surface area (TPSA) is 89.8 Å². The third kappa shape index (κ3) is 5.16. The van der Waals surface area contributed by atoms with Crippen LogP contribution < -0.4 is 0 Å². The zero-order valence-electron chi connectivity index (χ0n) is 14.3. The van der Waals surface area contributed by atoms with Gasteiger partial charge in [-0.05, 0) is 24.6 Å². The van der Waals surface area contributed by atoms with Gasteiger partial charge in [0.1, 0.15) is 11.1 Å². The Kier molecular flexibility index (Phi) is 6.52. The highest BCUT2D eigenvalue weighted by Crippen LogP contribution is 2.25. The molecular formula is C18H19ClN2O5. The molecule has 1 amide bonds. The molecule has 0 N–H and O–H groups in total. The van der Waals surface area contributed by atoms with Gasteiger partial charge in [-0.25, -0.2) is 4.79 Å². The maximum Gasteiger partial charge on any atom is 0.333 e. The van der Waals surface area contributed by atoms with Gasteiger partial charge in [-0.3, -0.25) is 14.9 Å². The van der Waals surface area contributed by atoms with E-state index in [-0.39, 0.29) is 22.7 Å². The molecule has 7 nitrogen and oxygen atoms in total. The van der Waals surface area contributed by atoms with E-state index in [0.29, 0.717) is 37.1 Å². The van der Waals surface area contributed by atoms with Gasteiger partial charge in [-0.2, -0.15) is 0 Å². The van der Waals surface area contributed by atoms with E-state index in [4.69, 9.17) is 16.3 Å². The predicted molar refractivity (Wildman–Crippen MR) is 97.6 cm³/mol. The van der Waals surface area contributed by atoms with Crippen molar-refractivity contribution in [3.63, 3.8) is 0 Å². The fourth-order valence-corrected chi connectivity index (χ4v) is 2.68. The summed E-state index contributed by atoms with van der Waals surface area (Å²) in [5.74, 6) is -0.619. The number of carbonyl (C=O) groups is 2. The maximum absolute atomic E-state index is 12.3. The summed E-state index contributed by atoms with van der Waals surface area (Å²) in [6, 6.07) is 4.34. The zero-order valence-corrected chi connectivity index (χ0v) is 15.1. The van der Waals surface area contributed by atoms with Gasteiger partial charge < -0.3 is 9.64 Å². The van der Waals surface area contributed by atoms with Crippen LogP contribution in [-0.2, 0) is 14.3 Å². The van der Waals surface area contributed by atoms with E-state index in [2.05, 4.69) is 6.58 Å². The lowest BCUT2D eigenvalue weighted by Gasteiger charge is -2.31. The second-order valence-corrected chi connectivity index (χ2v) is 6.42. The number of nitrogens with zero attached hydrogens (tertiary/aromatic N) is 2. The minimum Gasteiger partial charge on any atom is -0.459 e. The molecule has 0 unspecified atom stereocenters. The quantitative estimate of drug-likeness (QED) is 0.339. The van der Waals surface area contributed by atoms with Crippen LogP contribution in [0.3, 0.4) is 0 Å². The van der Waals surface area contributed by atoms with Crippen LogP contribution >= 0.6 is 11.6 Å². The molecule has 0 aromatic heterocycles. The summed E-state index contributed by atoms with van der Waals surface area (Å²) in [6.07, 6.45) is 3.79. The van der Waals surface area contributed by atoms with Crippen LogP contribution in [0.4, 0.5) is 5.69 Å². The average Bonchev–Trinajstić information content (AvgIpc) is 2.61. The lowest BCUT2D eigenvalue weighted by Crippen LogP contribution is -2.40. The highest BCUT2D eigenvalue weighted by Gasteiger charge is 2.24. The van der Waals surface area contributed by atoms with Gasteiger partial charge in [0, 0.05) is 43.6 Å². The minimum absolute atomic E-state index is 0.0462. The van der Waals surface area contributed by atoms with Crippen molar-refractivity contribution in [1.82, 2.24) is 4.90 Å². The van der Waals surface area contributed by atoms with Crippen LogP contribution in [0.15, 0.2) is 36.4 Å². The Morgan fingerprint density at radius 1 is 1.38 bits per heavy atom. The normalized spacial score (nSPS) is 15.1. The van der Waals surface area contributed by atoms with Crippen molar-refractivity contribution in [3.8, 4) is 0 Å². The Bertz CT molecular complexity index is 767. The molecule has 1 aromatic rings. The van der Waals surface area contributed by atoms with Gasteiger partial charge in [-0.1, -0.05) is 24.2 Å². The Morgan fingerprint density at radius 3 is 2.62 bits per heavy atom. The largest absolute Gasteiger partial charge is 0.459 e. The zero-order chi connectivity index (χ0) is 19.3. The summed E-state index contributed by atoms with van der Waals surface area (Å²) in [4.78, 5) is 35.7. The number of nitro benzene ring substituents is 1. The summed E-state index contributed by atoms with van der Waals surface area (Å²) in [5, 5.41) is 10.9. The van der Waals surface area contributed by atoms with Crippen molar-refractivity contribution in [1.29, 1.82) is 0 Å². The molecule has 1 saturated heterocycles. The number of hydrogen-bond acceptors (Lipinski definition) is 5. The third-order valence-corrected chi connectivity index (χ3v) is 4.28. The molecule has 8 heteroatoms. The molecule has 138 valence electrons. The molecule has 1 aromatic carbocycles. The molecular weight excluding hydrogens is 360 g/mol. The van der Waals surface area contributed by atoms with Crippen molar-refractivity contribution in [2.24, 2.45) is 0 Å². The monoisotopic (exact) mass is 378 g/mol. The van der Waals surface area contributed by atoms with Crippen LogP contribution in [-0.4, -0.2) is 40.9 Å². The second kappa shape index (κ2) is 8.62. The van der Waals surface area contributed by atoms with E-state index in [1.807, 2.05) is 0 Å². The standard InChI is InChI=1S/C18H19ClN2O5/c1-12(2)18(23)26-14-7-9-20(10-8-14)17(22)6-4-13-3-5-15(19)16(11-13)21(24)25/h3-6,11,14H,1,7-10H2,2H3/b6-4+. The van der Waals surface area contributed by atoms with Crippen LogP contribution in [0.1, 0.15) is 25.3 Å². The Hall–Kier alpha value is -2.67. The Morgan fingerprint density at radius 2 is 2.04 bits per heavy atom. The number of rotatable bonds is 5. The second-order valence-electron chi connectivity index (χ2n) is 6.01. The van der Waals surface area contributed by atoms with Crippen LogP contribution in [0.5, 0.6) is 0 Å². The molecule has 1 aliphatic heterocycles. The van der Waals surface area contributed by atoms with Gasteiger partial charge in [0.2, 0.25) is 5.91 Å². The molecule has 0 atom stereocenters. The van der Waals surface area contributed by atoms with E-state index in [1.54, 1.807) is 17.9 Å². The first-order valence-corrected chi connectivity index (χ1v) is 8.43. The number of likely N-dealkylation sites (tertiary alicyclic amines) is 1. The number of benzene rings is 1. The molecule has 1 aliphatic rings. The molecule has 1 fully saturated rings. The number of piperidine rings is 1. The molecule has 0 saturated carbocycles. The van der Waals surface area contributed by atoms with Crippen molar-refractivity contribution in [2.45, 2.75) is 25.9 Å². The third-order valence-electron chi connectivity index (χ3n) is 3.96.